The van der Waals surface area contributed by atoms with Crippen molar-refractivity contribution in [2.75, 3.05) is 58.4 Å². The lowest BCUT2D eigenvalue weighted by molar-refractivity contribution is 0.0570. The summed E-state index contributed by atoms with van der Waals surface area (Å²) < 4.78 is 16.0. The molecule has 5 rings (SSSR count). The molecule has 0 spiro atoms. The predicted octanol–water partition coefficient (Wildman–Crippen LogP) is 6.03. The van der Waals surface area contributed by atoms with Crippen molar-refractivity contribution in [3.8, 4) is 11.5 Å². The highest BCUT2D eigenvalue weighted by atomic mass is 16.5. The Kier molecular flexibility index (Phi) is 12.1. The van der Waals surface area contributed by atoms with Crippen molar-refractivity contribution in [2.24, 2.45) is 0 Å². The van der Waals surface area contributed by atoms with Crippen molar-refractivity contribution in [3.05, 3.63) is 70.6 Å². The molecule has 11 nitrogen and oxygen atoms in total. The number of methoxy groups -OCH3 is 2. The van der Waals surface area contributed by atoms with Crippen molar-refractivity contribution in [3.63, 3.8) is 0 Å². The molecule has 0 aliphatic carbocycles. The SMILES string of the molecule is CCCCCCCCN1CCN(c2cccc3c2C(=O)N(C(CCCNC(=O)c2cnoc2C)c2ccc(OC)c(OC)c2)C3=O)CC1. The van der Waals surface area contributed by atoms with E-state index < -0.39 is 6.04 Å². The molecule has 0 saturated carbocycles. The minimum Gasteiger partial charge on any atom is -0.493 e. The molecule has 1 aromatic heterocycles. The maximum absolute atomic E-state index is 14.3. The average Bonchev–Trinajstić information content (AvgIpc) is 3.66. The molecule has 1 fully saturated rings. The van der Waals surface area contributed by atoms with Crippen LogP contribution >= 0.6 is 0 Å². The van der Waals surface area contributed by atoms with Gasteiger partial charge in [0.1, 0.15) is 11.3 Å². The van der Waals surface area contributed by atoms with Crippen LogP contribution in [0.4, 0.5) is 5.69 Å². The van der Waals surface area contributed by atoms with Gasteiger partial charge in [-0.25, -0.2) is 0 Å². The van der Waals surface area contributed by atoms with Crippen molar-refractivity contribution >= 4 is 23.4 Å². The van der Waals surface area contributed by atoms with E-state index in [4.69, 9.17) is 14.0 Å². The minimum atomic E-state index is -0.589. The normalized spacial score (nSPS) is 15.5. The number of ether oxygens (including phenoxy) is 2. The topological polar surface area (TPSA) is 117 Å². The van der Waals surface area contributed by atoms with Gasteiger partial charge in [-0.3, -0.25) is 24.2 Å². The largest absolute Gasteiger partial charge is 0.493 e. The summed E-state index contributed by atoms with van der Waals surface area (Å²) >= 11 is 0. The first kappa shape index (κ1) is 34.9. The van der Waals surface area contributed by atoms with Crippen molar-refractivity contribution < 1.29 is 28.4 Å². The van der Waals surface area contributed by atoms with Crippen molar-refractivity contribution in [1.29, 1.82) is 0 Å². The van der Waals surface area contributed by atoms with E-state index in [1.165, 1.54) is 49.6 Å². The molecule has 1 saturated heterocycles. The van der Waals surface area contributed by atoms with Gasteiger partial charge in [0.25, 0.3) is 17.7 Å². The second kappa shape index (κ2) is 16.6. The Labute approximate surface area is 283 Å². The number of fused-ring (bicyclic) bond motifs is 1. The van der Waals surface area contributed by atoms with Crippen LogP contribution in [0.1, 0.15) is 107 Å². The summed E-state index contributed by atoms with van der Waals surface area (Å²) in [5, 5.41) is 6.58. The summed E-state index contributed by atoms with van der Waals surface area (Å²) in [7, 11) is 3.12. The zero-order chi connectivity index (χ0) is 34.0. The van der Waals surface area contributed by atoms with E-state index in [0.717, 1.165) is 44.0 Å². The van der Waals surface area contributed by atoms with E-state index in [1.807, 2.05) is 24.3 Å². The standard InChI is InChI=1S/C37H49N5O6/c1-5-6-7-8-9-10-19-40-20-22-41(23-21-40)31-14-11-13-28-34(31)37(45)42(36(28)44)30(27-16-17-32(46-3)33(24-27)47-4)15-12-18-38-35(43)29-25-39-48-26(29)2/h11,13-14,16-17,24-25,30H,5-10,12,15,18-23H2,1-4H3,(H,38,43). The molecule has 0 radical (unpaired) electrons. The van der Waals surface area contributed by atoms with Gasteiger partial charge in [-0.05, 0) is 62.6 Å². The Hall–Kier alpha value is -4.38. The van der Waals surface area contributed by atoms with Crippen LogP contribution in [0.25, 0.3) is 0 Å². The number of carbonyl (C=O) groups is 3. The lowest BCUT2D eigenvalue weighted by atomic mass is 9.99. The summed E-state index contributed by atoms with van der Waals surface area (Å²) in [5.74, 6) is 0.598. The van der Waals surface area contributed by atoms with Gasteiger partial charge in [-0.15, -0.1) is 0 Å². The number of hydrogen-bond acceptors (Lipinski definition) is 9. The molecule has 2 aromatic carbocycles. The van der Waals surface area contributed by atoms with E-state index >= 15 is 0 Å². The second-order valence-electron chi connectivity index (χ2n) is 12.6. The highest BCUT2D eigenvalue weighted by Gasteiger charge is 2.43. The number of piperazine rings is 1. The van der Waals surface area contributed by atoms with Gasteiger partial charge in [-0.1, -0.05) is 56.3 Å². The molecule has 1 atom stereocenters. The first-order chi connectivity index (χ1) is 23.4. The molecule has 1 N–H and O–H groups in total. The van der Waals surface area contributed by atoms with Crippen LogP contribution in [0, 0.1) is 6.92 Å². The van der Waals surface area contributed by atoms with E-state index in [9.17, 15) is 14.4 Å². The Morgan fingerprint density at radius 1 is 0.938 bits per heavy atom. The van der Waals surface area contributed by atoms with Gasteiger partial charge < -0.3 is 24.2 Å². The molecule has 3 aromatic rings. The van der Waals surface area contributed by atoms with Crippen LogP contribution in [0.2, 0.25) is 0 Å². The zero-order valence-corrected chi connectivity index (χ0v) is 28.8. The molecular weight excluding hydrogens is 610 g/mol. The van der Waals surface area contributed by atoms with Gasteiger partial charge in [0.15, 0.2) is 11.5 Å². The molecule has 0 bridgehead atoms. The van der Waals surface area contributed by atoms with Gasteiger partial charge in [0.05, 0.1) is 43.3 Å². The first-order valence-corrected chi connectivity index (χ1v) is 17.3. The van der Waals surface area contributed by atoms with Crippen molar-refractivity contribution in [1.82, 2.24) is 20.3 Å². The number of nitrogens with one attached hydrogen (secondary N) is 1. The number of imide groups is 1. The van der Waals surface area contributed by atoms with Crippen LogP contribution in [-0.4, -0.2) is 86.2 Å². The maximum Gasteiger partial charge on any atom is 0.264 e. The fourth-order valence-corrected chi connectivity index (χ4v) is 6.77. The molecule has 11 heteroatoms. The first-order valence-electron chi connectivity index (χ1n) is 17.3. The van der Waals surface area contributed by atoms with Gasteiger partial charge in [0, 0.05) is 32.7 Å². The van der Waals surface area contributed by atoms with Gasteiger partial charge >= 0.3 is 0 Å². The molecule has 3 heterocycles. The second-order valence-corrected chi connectivity index (χ2v) is 12.6. The van der Waals surface area contributed by atoms with Gasteiger partial charge in [-0.2, -0.15) is 0 Å². The fraction of sp³-hybridized carbons (Fsp3) is 0.514. The summed E-state index contributed by atoms with van der Waals surface area (Å²) in [5.41, 5.74) is 2.83. The van der Waals surface area contributed by atoms with Gasteiger partial charge in [0.2, 0.25) is 0 Å². The number of anilines is 1. The Morgan fingerprint density at radius 3 is 2.40 bits per heavy atom. The number of hydrogen-bond donors (Lipinski definition) is 1. The number of nitrogens with zero attached hydrogens (tertiary/aromatic N) is 4. The number of aromatic nitrogens is 1. The van der Waals surface area contributed by atoms with E-state index in [0.29, 0.717) is 53.3 Å². The van der Waals surface area contributed by atoms with Crippen LogP contribution < -0.4 is 19.7 Å². The van der Waals surface area contributed by atoms with Crippen LogP contribution in [0.15, 0.2) is 47.1 Å². The number of aryl methyl sites for hydroxylation is 1. The Balaban J connectivity index is 1.31. The zero-order valence-electron chi connectivity index (χ0n) is 28.8. The number of carbonyl (C=O) groups excluding carboxylic acids is 3. The monoisotopic (exact) mass is 659 g/mol. The minimum absolute atomic E-state index is 0.283. The molecule has 258 valence electrons. The maximum atomic E-state index is 14.3. The quantitative estimate of drug-likeness (QED) is 0.137. The van der Waals surface area contributed by atoms with E-state index in [1.54, 1.807) is 33.3 Å². The van der Waals surface area contributed by atoms with E-state index in [-0.39, 0.29) is 17.7 Å². The Bertz CT molecular complexity index is 1560. The van der Waals surface area contributed by atoms with E-state index in [2.05, 4.69) is 27.2 Å². The summed E-state index contributed by atoms with van der Waals surface area (Å²) in [6, 6.07) is 10.5. The number of benzene rings is 2. The third kappa shape index (κ3) is 7.84. The third-order valence-corrected chi connectivity index (χ3v) is 9.50. The van der Waals surface area contributed by atoms with Crippen LogP contribution in [0.3, 0.4) is 0 Å². The lowest BCUT2D eigenvalue weighted by Gasteiger charge is -2.36. The smallest absolute Gasteiger partial charge is 0.264 e. The molecule has 1 unspecified atom stereocenters. The summed E-state index contributed by atoms with van der Waals surface area (Å²) in [6.07, 6.45) is 10.0. The summed E-state index contributed by atoms with van der Waals surface area (Å²) in [4.78, 5) is 47.2. The molecular formula is C37H49N5O6. The fourth-order valence-electron chi connectivity index (χ4n) is 6.77. The van der Waals surface area contributed by atoms with Crippen LogP contribution in [0.5, 0.6) is 11.5 Å². The van der Waals surface area contributed by atoms with Crippen LogP contribution in [-0.2, 0) is 0 Å². The molecule has 3 amide bonds. The number of amides is 3. The molecule has 2 aliphatic rings. The number of unbranched alkanes of at least 4 members (excludes halogenated alkanes) is 5. The number of rotatable bonds is 17. The van der Waals surface area contributed by atoms with Crippen molar-refractivity contribution in [2.45, 2.75) is 71.3 Å². The predicted molar refractivity (Wildman–Crippen MR) is 184 cm³/mol. The summed E-state index contributed by atoms with van der Waals surface area (Å²) in [6.45, 7) is 8.83. The average molecular weight is 660 g/mol. The third-order valence-electron chi connectivity index (χ3n) is 9.50. The highest BCUT2D eigenvalue weighted by Crippen LogP contribution is 2.40. The molecule has 2 aliphatic heterocycles. The Morgan fingerprint density at radius 2 is 1.69 bits per heavy atom. The highest BCUT2D eigenvalue weighted by molar-refractivity contribution is 6.24. The lowest BCUT2D eigenvalue weighted by Crippen LogP contribution is -2.47. The molecule has 48 heavy (non-hydrogen) atoms.